The van der Waals surface area contributed by atoms with Crippen LogP contribution < -0.4 is 10.6 Å². The number of alkyl carbamates (subject to hydrolysis) is 2. The van der Waals surface area contributed by atoms with E-state index in [4.69, 9.17) is 14.2 Å². The fourth-order valence-corrected chi connectivity index (χ4v) is 1.08. The predicted octanol–water partition coefficient (Wildman–Crippen LogP) is 1.27. The quantitative estimate of drug-likeness (QED) is 0.662. The van der Waals surface area contributed by atoms with Gasteiger partial charge in [0.15, 0.2) is 0 Å². The van der Waals surface area contributed by atoms with Crippen molar-refractivity contribution in [1.82, 2.24) is 10.6 Å². The SMILES string of the molecule is CCCNC(=O)OCC(COC(=O)NCCC)OC. The van der Waals surface area contributed by atoms with E-state index in [2.05, 4.69) is 10.6 Å². The van der Waals surface area contributed by atoms with Crippen LogP contribution in [0.15, 0.2) is 0 Å². The second-order valence-corrected chi connectivity index (χ2v) is 3.91. The number of hydrogen-bond donors (Lipinski definition) is 2. The molecule has 0 fully saturated rings. The van der Waals surface area contributed by atoms with Gasteiger partial charge in [-0.1, -0.05) is 13.8 Å². The number of rotatable bonds is 9. The van der Waals surface area contributed by atoms with Crippen molar-refractivity contribution in [1.29, 1.82) is 0 Å². The van der Waals surface area contributed by atoms with Gasteiger partial charge in [-0.3, -0.25) is 0 Å². The summed E-state index contributed by atoms with van der Waals surface area (Å²) in [5.74, 6) is 0. The number of nitrogens with one attached hydrogen (secondary N) is 2. The monoisotopic (exact) mass is 276 g/mol. The Morgan fingerprint density at radius 1 is 0.947 bits per heavy atom. The molecule has 2 amide bonds. The summed E-state index contributed by atoms with van der Waals surface area (Å²) >= 11 is 0. The number of amides is 2. The Hall–Kier alpha value is -1.50. The van der Waals surface area contributed by atoms with E-state index in [1.54, 1.807) is 0 Å². The maximum absolute atomic E-state index is 11.2. The molecule has 0 aromatic rings. The predicted molar refractivity (Wildman–Crippen MR) is 70.1 cm³/mol. The lowest BCUT2D eigenvalue weighted by Crippen LogP contribution is -2.34. The smallest absolute Gasteiger partial charge is 0.407 e. The standard InChI is InChI=1S/C12H24N2O5/c1-4-6-13-11(15)18-8-10(17-3)9-19-12(16)14-7-5-2/h10H,4-9H2,1-3H3,(H,13,15)(H,14,16). The molecule has 0 unspecified atom stereocenters. The molecule has 0 saturated carbocycles. The zero-order chi connectivity index (χ0) is 14.5. The van der Waals surface area contributed by atoms with Crippen LogP contribution in [0.4, 0.5) is 9.59 Å². The minimum Gasteiger partial charge on any atom is -0.447 e. The molecule has 0 aliphatic carbocycles. The van der Waals surface area contributed by atoms with Gasteiger partial charge in [0.05, 0.1) is 0 Å². The zero-order valence-corrected chi connectivity index (χ0v) is 11.9. The van der Waals surface area contributed by atoms with Crippen molar-refractivity contribution in [2.24, 2.45) is 0 Å². The minimum atomic E-state index is -0.501. The molecule has 2 N–H and O–H groups in total. The van der Waals surface area contributed by atoms with Crippen LogP contribution in [0.25, 0.3) is 0 Å². The number of carbonyl (C=O) groups is 2. The molecule has 0 atom stereocenters. The molecule has 0 heterocycles. The van der Waals surface area contributed by atoms with E-state index in [1.807, 2.05) is 13.8 Å². The summed E-state index contributed by atoms with van der Waals surface area (Å²) in [6.07, 6.45) is 0.200. The third-order valence-electron chi connectivity index (χ3n) is 2.17. The molecule has 7 heteroatoms. The Labute approximate surface area is 114 Å². The molecule has 19 heavy (non-hydrogen) atoms. The fourth-order valence-electron chi connectivity index (χ4n) is 1.08. The Morgan fingerprint density at radius 3 is 1.68 bits per heavy atom. The van der Waals surface area contributed by atoms with Gasteiger partial charge in [-0.05, 0) is 12.8 Å². The van der Waals surface area contributed by atoms with E-state index < -0.39 is 18.3 Å². The van der Waals surface area contributed by atoms with Crippen LogP contribution in [0.3, 0.4) is 0 Å². The van der Waals surface area contributed by atoms with Gasteiger partial charge in [0.2, 0.25) is 0 Å². The first-order valence-electron chi connectivity index (χ1n) is 6.48. The summed E-state index contributed by atoms with van der Waals surface area (Å²) < 4.78 is 14.9. The summed E-state index contributed by atoms with van der Waals surface area (Å²) in [6, 6.07) is 0. The van der Waals surface area contributed by atoms with Crippen molar-refractivity contribution in [2.75, 3.05) is 33.4 Å². The topological polar surface area (TPSA) is 85.9 Å². The second kappa shape index (κ2) is 11.6. The lowest BCUT2D eigenvalue weighted by atomic mass is 10.4. The summed E-state index contributed by atoms with van der Waals surface area (Å²) in [7, 11) is 1.46. The third kappa shape index (κ3) is 10.1. The zero-order valence-electron chi connectivity index (χ0n) is 11.9. The molecule has 0 saturated heterocycles. The number of hydrogen-bond acceptors (Lipinski definition) is 5. The van der Waals surface area contributed by atoms with Gasteiger partial charge in [-0.25, -0.2) is 9.59 Å². The van der Waals surface area contributed by atoms with Gasteiger partial charge in [0.1, 0.15) is 19.3 Å². The summed E-state index contributed by atoms with van der Waals surface area (Å²) in [4.78, 5) is 22.4. The van der Waals surface area contributed by atoms with Crippen molar-refractivity contribution in [3.05, 3.63) is 0 Å². The van der Waals surface area contributed by atoms with Crippen LogP contribution in [0.2, 0.25) is 0 Å². The van der Waals surface area contributed by atoms with Crippen LogP contribution in [0.5, 0.6) is 0 Å². The van der Waals surface area contributed by atoms with Crippen molar-refractivity contribution in [3.8, 4) is 0 Å². The summed E-state index contributed by atoms with van der Waals surface area (Å²) in [5, 5.41) is 5.14. The third-order valence-corrected chi connectivity index (χ3v) is 2.17. The maximum Gasteiger partial charge on any atom is 0.407 e. The molecule has 0 spiro atoms. The fraction of sp³-hybridized carbons (Fsp3) is 0.833. The van der Waals surface area contributed by atoms with E-state index in [-0.39, 0.29) is 13.2 Å². The first-order valence-corrected chi connectivity index (χ1v) is 6.48. The first-order chi connectivity index (χ1) is 9.13. The first kappa shape index (κ1) is 17.5. The largest absolute Gasteiger partial charge is 0.447 e. The van der Waals surface area contributed by atoms with Crippen LogP contribution in [0, 0.1) is 0 Å². The Kier molecular flexibility index (Phi) is 10.7. The molecule has 0 rings (SSSR count). The number of methoxy groups -OCH3 is 1. The van der Waals surface area contributed by atoms with Gasteiger partial charge < -0.3 is 24.8 Å². The van der Waals surface area contributed by atoms with Crippen LogP contribution in [-0.4, -0.2) is 51.7 Å². The van der Waals surface area contributed by atoms with Gasteiger partial charge in [0, 0.05) is 20.2 Å². The lowest BCUT2D eigenvalue weighted by Gasteiger charge is -2.16. The molecule has 0 aromatic carbocycles. The Balaban J connectivity index is 3.76. The van der Waals surface area contributed by atoms with Gasteiger partial charge in [-0.2, -0.15) is 0 Å². The average Bonchev–Trinajstić information content (AvgIpc) is 2.42. The van der Waals surface area contributed by atoms with E-state index in [9.17, 15) is 9.59 Å². The highest BCUT2D eigenvalue weighted by molar-refractivity contribution is 5.67. The number of carbonyl (C=O) groups excluding carboxylic acids is 2. The normalized spacial score (nSPS) is 10.1. The molecule has 0 aromatic heterocycles. The minimum absolute atomic E-state index is 0.0348. The average molecular weight is 276 g/mol. The van der Waals surface area contributed by atoms with E-state index in [0.29, 0.717) is 13.1 Å². The second-order valence-electron chi connectivity index (χ2n) is 3.91. The van der Waals surface area contributed by atoms with E-state index >= 15 is 0 Å². The lowest BCUT2D eigenvalue weighted by molar-refractivity contribution is -0.00442. The molecule has 0 aliphatic heterocycles. The molecular formula is C12H24N2O5. The van der Waals surface area contributed by atoms with Gasteiger partial charge in [0.25, 0.3) is 0 Å². The van der Waals surface area contributed by atoms with E-state index in [1.165, 1.54) is 7.11 Å². The molecule has 0 aliphatic rings. The molecular weight excluding hydrogens is 252 g/mol. The van der Waals surface area contributed by atoms with Crippen LogP contribution >= 0.6 is 0 Å². The molecule has 0 radical (unpaired) electrons. The molecule has 0 bridgehead atoms. The van der Waals surface area contributed by atoms with Crippen molar-refractivity contribution in [3.63, 3.8) is 0 Å². The highest BCUT2D eigenvalue weighted by atomic mass is 16.6. The Bertz CT molecular complexity index is 237. The number of ether oxygens (including phenoxy) is 3. The van der Waals surface area contributed by atoms with Crippen molar-refractivity contribution in [2.45, 2.75) is 32.8 Å². The summed E-state index contributed by atoms with van der Waals surface area (Å²) in [6.45, 7) is 5.08. The van der Waals surface area contributed by atoms with Gasteiger partial charge >= 0.3 is 12.2 Å². The summed E-state index contributed by atoms with van der Waals surface area (Å²) in [5.41, 5.74) is 0. The van der Waals surface area contributed by atoms with E-state index in [0.717, 1.165) is 12.8 Å². The highest BCUT2D eigenvalue weighted by Crippen LogP contribution is 1.95. The van der Waals surface area contributed by atoms with Gasteiger partial charge in [-0.15, -0.1) is 0 Å². The maximum atomic E-state index is 11.2. The Morgan fingerprint density at radius 2 is 1.37 bits per heavy atom. The van der Waals surface area contributed by atoms with Crippen LogP contribution in [-0.2, 0) is 14.2 Å². The van der Waals surface area contributed by atoms with Crippen molar-refractivity contribution < 1.29 is 23.8 Å². The van der Waals surface area contributed by atoms with Crippen molar-refractivity contribution >= 4 is 12.2 Å². The van der Waals surface area contributed by atoms with Crippen LogP contribution in [0.1, 0.15) is 26.7 Å². The molecule has 112 valence electrons. The molecule has 7 nitrogen and oxygen atoms in total. The highest BCUT2D eigenvalue weighted by Gasteiger charge is 2.13.